The Morgan fingerprint density at radius 1 is 1.36 bits per heavy atom. The maximum atomic E-state index is 11.0. The third kappa shape index (κ3) is 3.06. The number of para-hydroxylation sites is 1. The zero-order valence-corrected chi connectivity index (χ0v) is 15.3. The summed E-state index contributed by atoms with van der Waals surface area (Å²) in [4.78, 5) is 2.52. The summed E-state index contributed by atoms with van der Waals surface area (Å²) in [6.45, 7) is 5.81. The lowest BCUT2D eigenvalue weighted by molar-refractivity contribution is -0.0611. The standard InChI is InChI=1S/C21H29NO3/c1-3-21(23)9-5-7-17-12-22(13-18(17)21)11-15-10-16-6-4-8-19(24-2)20(16)25-14-15/h4,6,8,10,17-18,23H,3,5,7,9,11-14H2,1-2H3/t17-,18+,21-/m0/s1. The lowest BCUT2D eigenvalue weighted by Crippen LogP contribution is -2.44. The van der Waals surface area contributed by atoms with Gasteiger partial charge in [-0.1, -0.05) is 25.5 Å². The summed E-state index contributed by atoms with van der Waals surface area (Å²) in [5.74, 6) is 2.73. The first-order chi connectivity index (χ1) is 12.1. The molecule has 136 valence electrons. The van der Waals surface area contributed by atoms with Crippen molar-refractivity contribution in [1.82, 2.24) is 4.90 Å². The Kier molecular flexibility index (Phi) is 4.50. The van der Waals surface area contributed by atoms with Crippen molar-refractivity contribution in [1.29, 1.82) is 0 Å². The number of nitrogens with zero attached hydrogens (tertiary/aromatic N) is 1. The van der Waals surface area contributed by atoms with Crippen LogP contribution in [0.4, 0.5) is 0 Å². The number of fused-ring (bicyclic) bond motifs is 2. The van der Waals surface area contributed by atoms with Crippen LogP contribution < -0.4 is 9.47 Å². The van der Waals surface area contributed by atoms with Gasteiger partial charge in [-0.05, 0) is 42.9 Å². The number of rotatable bonds is 4. The minimum atomic E-state index is -0.449. The molecule has 2 fully saturated rings. The minimum Gasteiger partial charge on any atom is -0.493 e. The van der Waals surface area contributed by atoms with Crippen molar-refractivity contribution in [3.05, 3.63) is 29.3 Å². The van der Waals surface area contributed by atoms with Crippen molar-refractivity contribution in [2.45, 2.75) is 38.2 Å². The van der Waals surface area contributed by atoms with Gasteiger partial charge in [-0.3, -0.25) is 4.90 Å². The Labute approximate surface area is 150 Å². The Hall–Kier alpha value is -1.52. The molecule has 0 bridgehead atoms. The van der Waals surface area contributed by atoms with Crippen LogP contribution in [0, 0.1) is 11.8 Å². The number of methoxy groups -OCH3 is 1. The van der Waals surface area contributed by atoms with Crippen molar-refractivity contribution < 1.29 is 14.6 Å². The number of aliphatic hydroxyl groups is 1. The van der Waals surface area contributed by atoms with Crippen LogP contribution in [0.5, 0.6) is 11.5 Å². The van der Waals surface area contributed by atoms with Crippen molar-refractivity contribution in [2.75, 3.05) is 33.4 Å². The molecule has 1 saturated heterocycles. The summed E-state index contributed by atoms with van der Waals surface area (Å²) >= 11 is 0. The number of ether oxygens (including phenoxy) is 2. The quantitative estimate of drug-likeness (QED) is 0.910. The van der Waals surface area contributed by atoms with E-state index in [-0.39, 0.29) is 0 Å². The van der Waals surface area contributed by atoms with Crippen LogP contribution in [0.2, 0.25) is 0 Å². The van der Waals surface area contributed by atoms with E-state index in [9.17, 15) is 5.11 Å². The molecule has 2 heterocycles. The molecular formula is C21H29NO3. The predicted molar refractivity (Wildman–Crippen MR) is 99.0 cm³/mol. The minimum absolute atomic E-state index is 0.434. The van der Waals surface area contributed by atoms with E-state index in [1.54, 1.807) is 7.11 Å². The van der Waals surface area contributed by atoms with Crippen molar-refractivity contribution >= 4 is 6.08 Å². The van der Waals surface area contributed by atoms with Gasteiger partial charge in [-0.15, -0.1) is 0 Å². The van der Waals surface area contributed by atoms with E-state index in [2.05, 4.69) is 24.0 Å². The maximum Gasteiger partial charge on any atom is 0.168 e. The maximum absolute atomic E-state index is 11.0. The highest BCUT2D eigenvalue weighted by Crippen LogP contribution is 2.44. The first-order valence-corrected chi connectivity index (χ1v) is 9.57. The number of benzene rings is 1. The van der Waals surface area contributed by atoms with Gasteiger partial charge >= 0.3 is 0 Å². The Morgan fingerprint density at radius 3 is 3.04 bits per heavy atom. The second-order valence-electron chi connectivity index (χ2n) is 7.88. The molecule has 0 radical (unpaired) electrons. The predicted octanol–water partition coefficient (Wildman–Crippen LogP) is 3.34. The smallest absolute Gasteiger partial charge is 0.168 e. The Bertz CT molecular complexity index is 671. The monoisotopic (exact) mass is 343 g/mol. The highest BCUT2D eigenvalue weighted by atomic mass is 16.5. The largest absolute Gasteiger partial charge is 0.493 e. The topological polar surface area (TPSA) is 41.9 Å². The van der Waals surface area contributed by atoms with Crippen LogP contribution >= 0.6 is 0 Å². The molecule has 4 rings (SSSR count). The molecule has 25 heavy (non-hydrogen) atoms. The number of hydrogen-bond donors (Lipinski definition) is 1. The van der Waals surface area contributed by atoms with E-state index < -0.39 is 5.60 Å². The molecule has 0 amide bonds. The zero-order chi connectivity index (χ0) is 17.4. The van der Waals surface area contributed by atoms with Gasteiger partial charge < -0.3 is 14.6 Å². The SMILES string of the molecule is CC[C@]1(O)CCC[C@H]2CN(CC3=Cc4cccc(OC)c4OC3)C[C@H]21. The third-order valence-corrected chi connectivity index (χ3v) is 6.42. The van der Waals surface area contributed by atoms with Crippen molar-refractivity contribution in [3.8, 4) is 11.5 Å². The van der Waals surface area contributed by atoms with E-state index in [0.29, 0.717) is 18.4 Å². The lowest BCUT2D eigenvalue weighted by atomic mass is 9.69. The summed E-state index contributed by atoms with van der Waals surface area (Å²) in [6.07, 6.45) is 6.52. The summed E-state index contributed by atoms with van der Waals surface area (Å²) in [5.41, 5.74) is 1.96. The van der Waals surface area contributed by atoms with Crippen LogP contribution in [0.1, 0.15) is 38.2 Å². The third-order valence-electron chi connectivity index (χ3n) is 6.42. The highest BCUT2D eigenvalue weighted by molar-refractivity contribution is 5.66. The highest BCUT2D eigenvalue weighted by Gasteiger charge is 2.47. The first kappa shape index (κ1) is 16.9. The van der Waals surface area contributed by atoms with Crippen LogP contribution in [-0.4, -0.2) is 49.0 Å². The number of likely N-dealkylation sites (tertiary alicyclic amines) is 1. The van der Waals surface area contributed by atoms with Crippen LogP contribution in [0.3, 0.4) is 0 Å². The molecule has 0 spiro atoms. The van der Waals surface area contributed by atoms with E-state index in [1.165, 1.54) is 18.4 Å². The molecular weight excluding hydrogens is 314 g/mol. The van der Waals surface area contributed by atoms with Gasteiger partial charge in [0.15, 0.2) is 11.5 Å². The first-order valence-electron chi connectivity index (χ1n) is 9.57. The summed E-state index contributed by atoms with van der Waals surface area (Å²) in [7, 11) is 1.68. The molecule has 0 aromatic heterocycles. The lowest BCUT2D eigenvalue weighted by Gasteiger charge is -2.40. The van der Waals surface area contributed by atoms with Crippen LogP contribution in [0.15, 0.2) is 23.8 Å². The van der Waals surface area contributed by atoms with Gasteiger partial charge in [0.25, 0.3) is 0 Å². The molecule has 3 aliphatic rings. The van der Waals surface area contributed by atoms with Crippen LogP contribution in [0.25, 0.3) is 6.08 Å². The molecule has 1 aromatic carbocycles. The van der Waals surface area contributed by atoms with Gasteiger partial charge in [0.2, 0.25) is 0 Å². The Morgan fingerprint density at radius 2 is 2.24 bits per heavy atom. The number of hydrogen-bond acceptors (Lipinski definition) is 4. The molecule has 1 aromatic rings. The fourth-order valence-corrected chi connectivity index (χ4v) is 5.05. The molecule has 2 aliphatic heterocycles. The second kappa shape index (κ2) is 6.65. The Balaban J connectivity index is 1.47. The molecule has 1 aliphatic carbocycles. The summed E-state index contributed by atoms with van der Waals surface area (Å²) in [5, 5.41) is 11.0. The molecule has 3 atom stereocenters. The summed E-state index contributed by atoms with van der Waals surface area (Å²) in [6, 6.07) is 6.03. The van der Waals surface area contributed by atoms with Crippen molar-refractivity contribution in [3.63, 3.8) is 0 Å². The van der Waals surface area contributed by atoms with Crippen molar-refractivity contribution in [2.24, 2.45) is 11.8 Å². The van der Waals surface area contributed by atoms with Gasteiger partial charge in [0, 0.05) is 31.1 Å². The van der Waals surface area contributed by atoms with Gasteiger partial charge in [-0.25, -0.2) is 0 Å². The normalized spacial score (nSPS) is 31.7. The second-order valence-corrected chi connectivity index (χ2v) is 7.88. The van der Waals surface area contributed by atoms with Gasteiger partial charge in [-0.2, -0.15) is 0 Å². The van der Waals surface area contributed by atoms with E-state index in [0.717, 1.165) is 49.5 Å². The molecule has 0 unspecified atom stereocenters. The molecule has 1 N–H and O–H groups in total. The average molecular weight is 343 g/mol. The van der Waals surface area contributed by atoms with Crippen LogP contribution in [-0.2, 0) is 0 Å². The molecule has 4 heteroatoms. The molecule has 1 saturated carbocycles. The van der Waals surface area contributed by atoms with Gasteiger partial charge in [0.05, 0.1) is 12.7 Å². The van der Waals surface area contributed by atoms with E-state index in [1.807, 2.05) is 12.1 Å². The average Bonchev–Trinajstić information content (AvgIpc) is 3.05. The fraction of sp³-hybridized carbons (Fsp3) is 0.619. The summed E-state index contributed by atoms with van der Waals surface area (Å²) < 4.78 is 11.4. The molecule has 4 nitrogen and oxygen atoms in total. The fourth-order valence-electron chi connectivity index (χ4n) is 5.05. The van der Waals surface area contributed by atoms with Gasteiger partial charge in [0.1, 0.15) is 6.61 Å². The van der Waals surface area contributed by atoms with E-state index >= 15 is 0 Å². The van der Waals surface area contributed by atoms with E-state index in [4.69, 9.17) is 9.47 Å². The zero-order valence-electron chi connectivity index (χ0n) is 15.3.